The summed E-state index contributed by atoms with van der Waals surface area (Å²) in [4.78, 5) is 35.3. The number of hydroxylamine groups is 1. The molecule has 3 heterocycles. The lowest BCUT2D eigenvalue weighted by Gasteiger charge is -2.35. The van der Waals surface area contributed by atoms with E-state index in [0.717, 1.165) is 47.8 Å². The van der Waals surface area contributed by atoms with Gasteiger partial charge in [0, 0.05) is 48.4 Å². The normalized spacial score (nSPS) is 29.1. The number of nitrogens with one attached hydrogen (secondary N) is 3. The molecule has 0 radical (unpaired) electrons. The quantitative estimate of drug-likeness (QED) is 0.718. The second-order valence-electron chi connectivity index (χ2n) is 8.92. The van der Waals surface area contributed by atoms with Crippen LogP contribution in [0.2, 0.25) is 0 Å². The lowest BCUT2D eigenvalue weighted by Crippen LogP contribution is -2.48. The maximum Gasteiger partial charge on any atom is 0.317 e. The van der Waals surface area contributed by atoms with Gasteiger partial charge in [0.05, 0.1) is 5.52 Å². The largest absolute Gasteiger partial charge is 0.335 e. The minimum atomic E-state index is -0.318. The van der Waals surface area contributed by atoms with E-state index in [9.17, 15) is 9.59 Å². The van der Waals surface area contributed by atoms with Crippen molar-refractivity contribution < 1.29 is 9.63 Å². The Morgan fingerprint density at radius 3 is 2.77 bits per heavy atom. The number of carbonyl (C=O) groups excluding carboxylic acids is 1. The van der Waals surface area contributed by atoms with Crippen LogP contribution >= 0.6 is 0 Å². The molecule has 1 aliphatic carbocycles. The van der Waals surface area contributed by atoms with Gasteiger partial charge in [-0.05, 0) is 57.1 Å². The van der Waals surface area contributed by atoms with Crippen LogP contribution < -0.4 is 21.7 Å². The predicted molar refractivity (Wildman–Crippen MR) is 115 cm³/mol. The molecular weight excluding hydrogens is 382 g/mol. The van der Waals surface area contributed by atoms with Gasteiger partial charge in [-0.2, -0.15) is 5.48 Å². The number of pyridine rings is 2. The molecule has 5 atom stereocenters. The Morgan fingerprint density at radius 1 is 1.23 bits per heavy atom. The van der Waals surface area contributed by atoms with Crippen LogP contribution in [0.15, 0.2) is 23.1 Å². The van der Waals surface area contributed by atoms with Crippen LogP contribution in [-0.2, 0) is 11.9 Å². The molecule has 30 heavy (non-hydrogen) atoms. The number of nitrogens with zero attached hydrogens (tertiary/aromatic N) is 2. The second kappa shape index (κ2) is 8.35. The first-order valence-electron chi connectivity index (χ1n) is 10.8. The van der Waals surface area contributed by atoms with Crippen LogP contribution in [0.1, 0.15) is 56.7 Å². The molecule has 2 amide bonds. The van der Waals surface area contributed by atoms with Gasteiger partial charge in [0.25, 0.3) is 5.56 Å². The molecule has 162 valence electrons. The fourth-order valence-electron chi connectivity index (χ4n) is 4.72. The van der Waals surface area contributed by atoms with E-state index in [-0.39, 0.29) is 35.8 Å². The van der Waals surface area contributed by atoms with Gasteiger partial charge in [-0.3, -0.25) is 14.6 Å². The molecular formula is C22H31N5O3. The zero-order chi connectivity index (χ0) is 21.4. The van der Waals surface area contributed by atoms with E-state index in [2.05, 4.69) is 28.0 Å². The van der Waals surface area contributed by atoms with Crippen molar-refractivity contribution in [2.24, 2.45) is 13.0 Å². The van der Waals surface area contributed by atoms with Crippen molar-refractivity contribution in [1.29, 1.82) is 0 Å². The van der Waals surface area contributed by atoms with Gasteiger partial charge in [0.15, 0.2) is 6.23 Å². The number of rotatable bonds is 3. The number of hydrogen-bond donors (Lipinski definition) is 3. The highest BCUT2D eigenvalue weighted by atomic mass is 16.7. The zero-order valence-corrected chi connectivity index (χ0v) is 18.1. The molecule has 2 aromatic heterocycles. The highest BCUT2D eigenvalue weighted by Crippen LogP contribution is 2.37. The number of fused-ring (bicyclic) bond motifs is 1. The van der Waals surface area contributed by atoms with Crippen molar-refractivity contribution >= 4 is 16.9 Å². The summed E-state index contributed by atoms with van der Waals surface area (Å²) in [7, 11) is 1.82. The maximum absolute atomic E-state index is 13.1. The molecule has 0 bridgehead atoms. The van der Waals surface area contributed by atoms with Crippen LogP contribution in [0.3, 0.4) is 0 Å². The van der Waals surface area contributed by atoms with Crippen molar-refractivity contribution in [3.8, 4) is 0 Å². The molecule has 4 rings (SSSR count). The minimum Gasteiger partial charge on any atom is -0.335 e. The highest BCUT2D eigenvalue weighted by Gasteiger charge is 2.32. The monoisotopic (exact) mass is 413 g/mol. The van der Waals surface area contributed by atoms with Gasteiger partial charge < -0.3 is 15.2 Å². The summed E-state index contributed by atoms with van der Waals surface area (Å²) in [5, 5.41) is 6.91. The van der Waals surface area contributed by atoms with Gasteiger partial charge in [0.1, 0.15) is 0 Å². The molecule has 8 nitrogen and oxygen atoms in total. The average Bonchev–Trinajstić information content (AvgIpc) is 3.11. The Hall–Kier alpha value is -2.45. The molecule has 2 aromatic rings. The van der Waals surface area contributed by atoms with Crippen LogP contribution in [0.25, 0.3) is 10.9 Å². The summed E-state index contributed by atoms with van der Waals surface area (Å²) in [5.74, 6) is 0.468. The molecule has 5 unspecified atom stereocenters. The fraction of sp³-hybridized carbons (Fsp3) is 0.591. The third kappa shape index (κ3) is 4.20. The first-order chi connectivity index (χ1) is 14.3. The lowest BCUT2D eigenvalue weighted by atomic mass is 9.74. The minimum absolute atomic E-state index is 0.0227. The summed E-state index contributed by atoms with van der Waals surface area (Å²) >= 11 is 0. The molecule has 3 N–H and O–H groups in total. The molecule has 1 saturated heterocycles. The van der Waals surface area contributed by atoms with Crippen molar-refractivity contribution in [2.45, 2.75) is 70.7 Å². The van der Waals surface area contributed by atoms with Gasteiger partial charge in [-0.25, -0.2) is 4.79 Å². The summed E-state index contributed by atoms with van der Waals surface area (Å²) in [6.45, 7) is 6.13. The maximum atomic E-state index is 13.1. The van der Waals surface area contributed by atoms with Crippen molar-refractivity contribution in [1.82, 2.24) is 25.7 Å². The summed E-state index contributed by atoms with van der Waals surface area (Å²) in [6, 6.07) is 3.96. The molecule has 1 saturated carbocycles. The fourth-order valence-corrected chi connectivity index (χ4v) is 4.72. The SMILES string of the molecule is Cc1cc2c(cn1)cc(C1CC(NC(=O)NC3CC(C)NO3)CCC1C)c(=O)n2C. The number of carbonyl (C=O) groups is 1. The molecule has 1 aliphatic heterocycles. The van der Waals surface area contributed by atoms with Crippen molar-refractivity contribution in [2.75, 3.05) is 0 Å². The molecule has 2 fully saturated rings. The number of urea groups is 1. The molecule has 0 spiro atoms. The number of aryl methyl sites for hydroxylation is 2. The Kier molecular flexibility index (Phi) is 5.79. The van der Waals surface area contributed by atoms with E-state index in [4.69, 9.17) is 4.84 Å². The van der Waals surface area contributed by atoms with Crippen LogP contribution in [0.5, 0.6) is 0 Å². The van der Waals surface area contributed by atoms with Crippen molar-refractivity contribution in [3.63, 3.8) is 0 Å². The van der Waals surface area contributed by atoms with Gasteiger partial charge >= 0.3 is 6.03 Å². The Morgan fingerprint density at radius 2 is 2.03 bits per heavy atom. The van der Waals surface area contributed by atoms with Crippen molar-refractivity contribution in [3.05, 3.63) is 39.9 Å². The van der Waals surface area contributed by atoms with E-state index < -0.39 is 0 Å². The van der Waals surface area contributed by atoms with E-state index >= 15 is 0 Å². The van der Waals surface area contributed by atoms with Crippen LogP contribution in [0, 0.1) is 12.8 Å². The van der Waals surface area contributed by atoms with E-state index in [1.807, 2.05) is 39.2 Å². The first-order valence-corrected chi connectivity index (χ1v) is 10.8. The molecule has 0 aromatic carbocycles. The number of aromatic nitrogens is 2. The van der Waals surface area contributed by atoms with E-state index in [1.165, 1.54) is 0 Å². The van der Waals surface area contributed by atoms with Gasteiger partial charge in [-0.1, -0.05) is 6.92 Å². The third-order valence-electron chi connectivity index (χ3n) is 6.47. The van der Waals surface area contributed by atoms with Crippen LogP contribution in [-0.4, -0.2) is 33.9 Å². The van der Waals surface area contributed by atoms with Gasteiger partial charge in [-0.15, -0.1) is 0 Å². The Bertz CT molecular complexity index is 1000. The highest BCUT2D eigenvalue weighted by molar-refractivity contribution is 5.79. The van der Waals surface area contributed by atoms with Crippen LogP contribution in [0.4, 0.5) is 4.79 Å². The Balaban J connectivity index is 1.51. The summed E-state index contributed by atoms with van der Waals surface area (Å²) < 4.78 is 1.72. The lowest BCUT2D eigenvalue weighted by molar-refractivity contribution is 0.0155. The smallest absolute Gasteiger partial charge is 0.317 e. The average molecular weight is 414 g/mol. The number of amides is 2. The molecule has 2 aliphatic rings. The predicted octanol–water partition coefficient (Wildman–Crippen LogP) is 2.45. The second-order valence-corrected chi connectivity index (χ2v) is 8.92. The zero-order valence-electron chi connectivity index (χ0n) is 18.1. The topological polar surface area (TPSA) is 97.3 Å². The van der Waals surface area contributed by atoms with E-state index in [1.54, 1.807) is 4.57 Å². The first kappa shape index (κ1) is 20.8. The summed E-state index contributed by atoms with van der Waals surface area (Å²) in [6.07, 6.45) is 4.86. The molecule has 8 heteroatoms. The van der Waals surface area contributed by atoms with E-state index in [0.29, 0.717) is 5.92 Å². The number of hydrogen-bond acceptors (Lipinski definition) is 5. The standard InChI is InChI=1S/C22H31N5O3/c1-12-5-6-16(24-22(29)25-20-8-14(3)26-30-20)10-17(12)18-9-15-11-23-13(2)7-19(15)27(4)21(18)28/h7,9,11-12,14,16-17,20,26H,5-6,8,10H2,1-4H3,(H2,24,25,29). The van der Waals surface area contributed by atoms with Gasteiger partial charge in [0.2, 0.25) is 0 Å². The third-order valence-corrected chi connectivity index (χ3v) is 6.47. The summed E-state index contributed by atoms with van der Waals surface area (Å²) in [5.41, 5.74) is 5.49. The Labute approximate surface area is 176 Å².